The second-order valence-corrected chi connectivity index (χ2v) is 6.64. The molecule has 0 aliphatic heterocycles. The Morgan fingerprint density at radius 1 is 1.03 bits per heavy atom. The first kappa shape index (κ1) is 21.2. The Morgan fingerprint density at radius 3 is 2.23 bits per heavy atom. The van der Waals surface area contributed by atoms with Crippen molar-refractivity contribution in [3.8, 4) is 17.2 Å². The Bertz CT molecular complexity index is 1100. The Hall–Kier alpha value is -3.55. The molecule has 1 heterocycles. The van der Waals surface area contributed by atoms with Gasteiger partial charge in [0.15, 0.2) is 17.2 Å². The first-order chi connectivity index (χ1) is 14.5. The zero-order chi connectivity index (χ0) is 21.7. The van der Waals surface area contributed by atoms with Crippen molar-refractivity contribution in [1.29, 1.82) is 0 Å². The molecule has 1 aromatic heterocycles. The van der Waals surface area contributed by atoms with E-state index in [4.69, 9.17) is 14.2 Å². The molecule has 0 atom stereocenters. The number of amides is 1. The van der Waals surface area contributed by atoms with E-state index >= 15 is 0 Å². The number of hydrogen-bond acceptors (Lipinski definition) is 6. The summed E-state index contributed by atoms with van der Waals surface area (Å²) in [6.07, 6.45) is 1.70. The van der Waals surface area contributed by atoms with Crippen LogP contribution in [0.4, 0.5) is 5.69 Å². The van der Waals surface area contributed by atoms with Crippen LogP contribution < -0.4 is 25.1 Å². The summed E-state index contributed by atoms with van der Waals surface area (Å²) in [4.78, 5) is 25.8. The van der Waals surface area contributed by atoms with Crippen molar-refractivity contribution in [1.82, 2.24) is 9.78 Å². The lowest BCUT2D eigenvalue weighted by atomic mass is 10.1. The van der Waals surface area contributed by atoms with E-state index in [0.29, 0.717) is 40.3 Å². The number of carbonyl (C=O) groups excluding carboxylic acids is 1. The van der Waals surface area contributed by atoms with Crippen molar-refractivity contribution in [3.05, 3.63) is 52.4 Å². The van der Waals surface area contributed by atoms with Crippen molar-refractivity contribution in [3.63, 3.8) is 0 Å². The van der Waals surface area contributed by atoms with Crippen LogP contribution in [0.1, 0.15) is 30.3 Å². The van der Waals surface area contributed by atoms with E-state index in [0.717, 1.165) is 12.8 Å². The largest absolute Gasteiger partial charge is 0.493 e. The van der Waals surface area contributed by atoms with Crippen molar-refractivity contribution in [2.24, 2.45) is 0 Å². The van der Waals surface area contributed by atoms with Crippen LogP contribution in [0, 0.1) is 0 Å². The van der Waals surface area contributed by atoms with Gasteiger partial charge in [0.2, 0.25) is 5.75 Å². The molecule has 0 unspecified atom stereocenters. The third kappa shape index (κ3) is 4.07. The van der Waals surface area contributed by atoms with Crippen LogP contribution >= 0.6 is 0 Å². The molecule has 8 nitrogen and oxygen atoms in total. The van der Waals surface area contributed by atoms with Crippen LogP contribution in [-0.2, 0) is 6.54 Å². The summed E-state index contributed by atoms with van der Waals surface area (Å²) in [5, 5.41) is 8.14. The molecule has 0 spiro atoms. The molecule has 0 fully saturated rings. The molecule has 1 N–H and O–H groups in total. The number of fused-ring (bicyclic) bond motifs is 1. The van der Waals surface area contributed by atoms with Gasteiger partial charge in [-0.1, -0.05) is 31.5 Å². The first-order valence-corrected chi connectivity index (χ1v) is 9.65. The number of ether oxygens (including phenoxy) is 3. The second-order valence-electron chi connectivity index (χ2n) is 6.64. The minimum Gasteiger partial charge on any atom is -0.493 e. The number of anilines is 1. The molecule has 0 aliphatic carbocycles. The Morgan fingerprint density at radius 2 is 1.67 bits per heavy atom. The number of hydrogen-bond donors (Lipinski definition) is 1. The molecule has 0 radical (unpaired) electrons. The zero-order valence-corrected chi connectivity index (χ0v) is 17.5. The highest BCUT2D eigenvalue weighted by molar-refractivity contribution is 6.11. The maximum atomic E-state index is 13.1. The highest BCUT2D eigenvalue weighted by Crippen LogP contribution is 2.40. The van der Waals surface area contributed by atoms with Crippen molar-refractivity contribution in [2.45, 2.75) is 26.3 Å². The number of rotatable bonds is 8. The van der Waals surface area contributed by atoms with Crippen molar-refractivity contribution >= 4 is 22.4 Å². The SMILES string of the molecule is CCCCn1nc(C(=O)Nc2cc(OC)c(OC)c(OC)c2)c2ccccc2c1=O. The smallest absolute Gasteiger partial charge is 0.276 e. The monoisotopic (exact) mass is 411 g/mol. The van der Waals surface area contributed by atoms with Gasteiger partial charge >= 0.3 is 0 Å². The minimum atomic E-state index is -0.439. The normalized spacial score (nSPS) is 10.7. The van der Waals surface area contributed by atoms with Gasteiger partial charge in [-0.3, -0.25) is 9.59 Å². The van der Waals surface area contributed by atoms with Crippen LogP contribution in [0.25, 0.3) is 10.8 Å². The topological polar surface area (TPSA) is 91.7 Å². The fourth-order valence-corrected chi connectivity index (χ4v) is 3.21. The van der Waals surface area contributed by atoms with Gasteiger partial charge in [0.05, 0.1) is 26.7 Å². The third-order valence-corrected chi connectivity index (χ3v) is 4.73. The fourth-order valence-electron chi connectivity index (χ4n) is 3.21. The summed E-state index contributed by atoms with van der Waals surface area (Å²) in [7, 11) is 4.51. The number of nitrogens with one attached hydrogen (secondary N) is 1. The molecular weight excluding hydrogens is 386 g/mol. The van der Waals surface area contributed by atoms with E-state index in [1.807, 2.05) is 6.92 Å². The molecule has 3 rings (SSSR count). The van der Waals surface area contributed by atoms with Crippen LogP contribution in [-0.4, -0.2) is 37.0 Å². The lowest BCUT2D eigenvalue weighted by molar-refractivity contribution is 0.102. The summed E-state index contributed by atoms with van der Waals surface area (Å²) < 4.78 is 17.3. The van der Waals surface area contributed by atoms with E-state index in [9.17, 15) is 9.59 Å². The van der Waals surface area contributed by atoms with Gasteiger partial charge in [0, 0.05) is 29.8 Å². The van der Waals surface area contributed by atoms with E-state index in [1.54, 1.807) is 36.4 Å². The van der Waals surface area contributed by atoms with Crippen LogP contribution in [0.2, 0.25) is 0 Å². The summed E-state index contributed by atoms with van der Waals surface area (Å²) in [5.74, 6) is 0.816. The summed E-state index contributed by atoms with van der Waals surface area (Å²) in [5.41, 5.74) is 0.421. The predicted octanol–water partition coefficient (Wildman–Crippen LogP) is 3.47. The highest BCUT2D eigenvalue weighted by atomic mass is 16.5. The molecule has 158 valence electrons. The molecule has 8 heteroatoms. The molecule has 3 aromatic rings. The van der Waals surface area contributed by atoms with Crippen LogP contribution in [0.15, 0.2) is 41.2 Å². The van der Waals surface area contributed by atoms with Gasteiger partial charge in [-0.25, -0.2) is 4.68 Å². The number of methoxy groups -OCH3 is 3. The number of nitrogens with zero attached hydrogens (tertiary/aromatic N) is 2. The number of aryl methyl sites for hydroxylation is 1. The first-order valence-electron chi connectivity index (χ1n) is 9.65. The quantitative estimate of drug-likeness (QED) is 0.610. The van der Waals surface area contributed by atoms with E-state index in [2.05, 4.69) is 10.4 Å². The van der Waals surface area contributed by atoms with Gasteiger partial charge in [0.25, 0.3) is 11.5 Å². The third-order valence-electron chi connectivity index (χ3n) is 4.73. The highest BCUT2D eigenvalue weighted by Gasteiger charge is 2.19. The Labute approximate surface area is 174 Å². The molecule has 1 amide bonds. The Kier molecular flexibility index (Phi) is 6.56. The zero-order valence-electron chi connectivity index (χ0n) is 17.5. The maximum Gasteiger partial charge on any atom is 0.276 e. The standard InChI is InChI=1S/C22H25N3O5/c1-5-6-11-25-22(27)16-10-8-7-9-15(16)19(24-25)21(26)23-14-12-17(28-2)20(30-4)18(13-14)29-3/h7-10,12-13H,5-6,11H2,1-4H3,(H,23,26). The molecule has 2 aromatic carbocycles. The molecular formula is C22H25N3O5. The Balaban J connectivity index is 2.05. The van der Waals surface area contributed by atoms with Gasteiger partial charge in [-0.2, -0.15) is 5.10 Å². The van der Waals surface area contributed by atoms with E-state index in [1.165, 1.54) is 26.0 Å². The summed E-state index contributed by atoms with van der Waals surface area (Å²) >= 11 is 0. The fraction of sp³-hybridized carbons (Fsp3) is 0.318. The lowest BCUT2D eigenvalue weighted by Gasteiger charge is -2.15. The van der Waals surface area contributed by atoms with Gasteiger partial charge in [-0.05, 0) is 12.5 Å². The molecule has 30 heavy (non-hydrogen) atoms. The van der Waals surface area contributed by atoms with E-state index in [-0.39, 0.29) is 11.3 Å². The minimum absolute atomic E-state index is 0.176. The average Bonchev–Trinajstić information content (AvgIpc) is 2.77. The van der Waals surface area contributed by atoms with Gasteiger partial charge in [-0.15, -0.1) is 0 Å². The van der Waals surface area contributed by atoms with Gasteiger partial charge < -0.3 is 19.5 Å². The number of unbranched alkanes of at least 4 members (excludes halogenated alkanes) is 1. The van der Waals surface area contributed by atoms with Crippen LogP contribution in [0.3, 0.4) is 0 Å². The molecule has 0 bridgehead atoms. The predicted molar refractivity (Wildman–Crippen MR) is 115 cm³/mol. The van der Waals surface area contributed by atoms with Gasteiger partial charge in [0.1, 0.15) is 0 Å². The molecule has 0 saturated carbocycles. The second kappa shape index (κ2) is 9.30. The number of aromatic nitrogens is 2. The van der Waals surface area contributed by atoms with Crippen molar-refractivity contribution in [2.75, 3.05) is 26.6 Å². The summed E-state index contributed by atoms with van der Waals surface area (Å²) in [6, 6.07) is 10.2. The summed E-state index contributed by atoms with van der Waals surface area (Å²) in [6.45, 7) is 2.48. The maximum absolute atomic E-state index is 13.1. The molecule has 0 aliphatic rings. The van der Waals surface area contributed by atoms with Crippen molar-refractivity contribution < 1.29 is 19.0 Å². The number of carbonyl (C=O) groups is 1. The van der Waals surface area contributed by atoms with E-state index < -0.39 is 5.91 Å². The average molecular weight is 411 g/mol. The number of benzene rings is 2. The van der Waals surface area contributed by atoms with Crippen LogP contribution in [0.5, 0.6) is 17.2 Å². The lowest BCUT2D eigenvalue weighted by Crippen LogP contribution is -2.27. The molecule has 0 saturated heterocycles.